The number of rotatable bonds is 7. The van der Waals surface area contributed by atoms with Crippen LogP contribution in [0.2, 0.25) is 0 Å². The molecule has 1 aromatic heterocycles. The summed E-state index contributed by atoms with van der Waals surface area (Å²) < 4.78 is 11.4. The number of likely N-dealkylation sites (tertiary alicyclic amines) is 1. The number of amides is 1. The van der Waals surface area contributed by atoms with E-state index in [0.29, 0.717) is 12.1 Å². The SMILES string of the molecule is COc1cc(C)c2[nH]ccc2c1CN1CC[C@H](OC)C[C@H]1CNC(=O)c1ccccc1. The molecule has 1 fully saturated rings. The largest absolute Gasteiger partial charge is 0.496 e. The third-order valence-electron chi connectivity index (χ3n) is 6.35. The lowest BCUT2D eigenvalue weighted by Gasteiger charge is -2.39. The lowest BCUT2D eigenvalue weighted by atomic mass is 9.96. The van der Waals surface area contributed by atoms with Crippen LogP contribution in [0.3, 0.4) is 0 Å². The number of benzene rings is 2. The van der Waals surface area contributed by atoms with Gasteiger partial charge in [-0.1, -0.05) is 18.2 Å². The summed E-state index contributed by atoms with van der Waals surface area (Å²) in [6.07, 6.45) is 4.05. The summed E-state index contributed by atoms with van der Waals surface area (Å²) in [6, 6.07) is 13.8. The second kappa shape index (κ2) is 9.54. The summed E-state index contributed by atoms with van der Waals surface area (Å²) in [6.45, 7) is 4.35. The molecule has 0 unspecified atom stereocenters. The minimum absolute atomic E-state index is 0.0407. The van der Waals surface area contributed by atoms with Gasteiger partial charge in [-0.2, -0.15) is 0 Å². The van der Waals surface area contributed by atoms with E-state index < -0.39 is 0 Å². The zero-order valence-electron chi connectivity index (χ0n) is 18.5. The maximum absolute atomic E-state index is 12.6. The van der Waals surface area contributed by atoms with Crippen LogP contribution in [0.1, 0.15) is 34.3 Å². The molecular formula is C25H31N3O3. The number of nitrogens with one attached hydrogen (secondary N) is 2. The number of nitrogens with zero attached hydrogens (tertiary/aromatic N) is 1. The highest BCUT2D eigenvalue weighted by Gasteiger charge is 2.30. The summed E-state index contributed by atoms with van der Waals surface area (Å²) in [5, 5.41) is 4.32. The van der Waals surface area contributed by atoms with Crippen LogP contribution in [-0.2, 0) is 11.3 Å². The van der Waals surface area contributed by atoms with Gasteiger partial charge in [0, 0.05) is 61.0 Å². The monoisotopic (exact) mass is 421 g/mol. The van der Waals surface area contributed by atoms with E-state index in [1.807, 2.05) is 36.5 Å². The zero-order chi connectivity index (χ0) is 21.8. The van der Waals surface area contributed by atoms with Crippen LogP contribution >= 0.6 is 0 Å². The van der Waals surface area contributed by atoms with Gasteiger partial charge in [-0.25, -0.2) is 0 Å². The van der Waals surface area contributed by atoms with Gasteiger partial charge in [0.05, 0.1) is 13.2 Å². The van der Waals surface area contributed by atoms with E-state index in [9.17, 15) is 4.79 Å². The summed E-state index contributed by atoms with van der Waals surface area (Å²) in [5.41, 5.74) is 4.18. The molecule has 1 saturated heterocycles. The lowest BCUT2D eigenvalue weighted by Crippen LogP contribution is -2.50. The topological polar surface area (TPSA) is 66.6 Å². The Morgan fingerprint density at radius 2 is 2.03 bits per heavy atom. The number of aromatic amines is 1. The molecule has 2 N–H and O–H groups in total. The number of methoxy groups -OCH3 is 2. The van der Waals surface area contributed by atoms with E-state index in [-0.39, 0.29) is 18.1 Å². The maximum atomic E-state index is 12.6. The Morgan fingerprint density at radius 1 is 1.23 bits per heavy atom. The molecule has 31 heavy (non-hydrogen) atoms. The second-order valence-corrected chi connectivity index (χ2v) is 8.22. The zero-order valence-corrected chi connectivity index (χ0v) is 18.5. The van der Waals surface area contributed by atoms with Crippen LogP contribution in [0.25, 0.3) is 10.9 Å². The van der Waals surface area contributed by atoms with E-state index in [0.717, 1.165) is 37.2 Å². The number of carbonyl (C=O) groups excluding carboxylic acids is 1. The van der Waals surface area contributed by atoms with Crippen LogP contribution in [0, 0.1) is 6.92 Å². The maximum Gasteiger partial charge on any atom is 0.251 e. The van der Waals surface area contributed by atoms with Gasteiger partial charge in [0.2, 0.25) is 0 Å². The van der Waals surface area contributed by atoms with Gasteiger partial charge < -0.3 is 19.8 Å². The van der Waals surface area contributed by atoms with Gasteiger partial charge in [-0.3, -0.25) is 9.69 Å². The van der Waals surface area contributed by atoms with Gasteiger partial charge in [-0.15, -0.1) is 0 Å². The molecule has 1 amide bonds. The molecular weight excluding hydrogens is 390 g/mol. The minimum Gasteiger partial charge on any atom is -0.496 e. The fourth-order valence-electron chi connectivity index (χ4n) is 4.58. The second-order valence-electron chi connectivity index (χ2n) is 8.22. The van der Waals surface area contributed by atoms with Crippen LogP contribution in [0.4, 0.5) is 0 Å². The molecule has 2 aromatic carbocycles. The van der Waals surface area contributed by atoms with Crippen molar-refractivity contribution < 1.29 is 14.3 Å². The summed E-state index contributed by atoms with van der Waals surface area (Å²) >= 11 is 0. The highest BCUT2D eigenvalue weighted by Crippen LogP contribution is 2.33. The molecule has 0 spiro atoms. The highest BCUT2D eigenvalue weighted by atomic mass is 16.5. The summed E-state index contributed by atoms with van der Waals surface area (Å²) in [4.78, 5) is 18.4. The van der Waals surface area contributed by atoms with Gasteiger partial charge >= 0.3 is 0 Å². The van der Waals surface area contributed by atoms with Crippen molar-refractivity contribution in [3.63, 3.8) is 0 Å². The first-order valence-corrected chi connectivity index (χ1v) is 10.8. The number of hydrogen-bond acceptors (Lipinski definition) is 4. The van der Waals surface area contributed by atoms with Crippen molar-refractivity contribution >= 4 is 16.8 Å². The third kappa shape index (κ3) is 4.60. The molecule has 0 bridgehead atoms. The van der Waals surface area contributed by atoms with Gasteiger partial charge in [0.1, 0.15) is 5.75 Å². The quantitative estimate of drug-likeness (QED) is 0.607. The highest BCUT2D eigenvalue weighted by molar-refractivity contribution is 5.94. The van der Waals surface area contributed by atoms with Crippen molar-refractivity contribution in [1.29, 1.82) is 0 Å². The fourth-order valence-corrected chi connectivity index (χ4v) is 4.58. The smallest absolute Gasteiger partial charge is 0.251 e. The Kier molecular flexibility index (Phi) is 6.59. The van der Waals surface area contributed by atoms with E-state index >= 15 is 0 Å². The number of aromatic nitrogens is 1. The average Bonchev–Trinajstić information content (AvgIpc) is 3.31. The summed E-state index contributed by atoms with van der Waals surface area (Å²) in [7, 11) is 3.50. The molecule has 6 nitrogen and oxygen atoms in total. The van der Waals surface area contributed by atoms with Crippen LogP contribution in [0.5, 0.6) is 5.75 Å². The molecule has 0 radical (unpaired) electrons. The average molecular weight is 422 g/mol. The van der Waals surface area contributed by atoms with E-state index in [2.05, 4.69) is 34.3 Å². The first-order chi connectivity index (χ1) is 15.1. The molecule has 0 aliphatic carbocycles. The van der Waals surface area contributed by atoms with Gasteiger partial charge in [0.25, 0.3) is 5.91 Å². The summed E-state index contributed by atoms with van der Waals surface area (Å²) in [5.74, 6) is 0.867. The van der Waals surface area contributed by atoms with Crippen LogP contribution < -0.4 is 10.1 Å². The molecule has 0 saturated carbocycles. The molecule has 1 aliphatic heterocycles. The van der Waals surface area contributed by atoms with Crippen molar-refractivity contribution in [1.82, 2.24) is 15.2 Å². The first kappa shape index (κ1) is 21.4. The number of fused-ring (bicyclic) bond motifs is 1. The number of piperidine rings is 1. The minimum atomic E-state index is -0.0407. The Labute approximate surface area is 183 Å². The fraction of sp³-hybridized carbons (Fsp3) is 0.400. The number of hydrogen-bond donors (Lipinski definition) is 2. The normalized spacial score (nSPS) is 19.5. The van der Waals surface area contributed by atoms with Crippen LogP contribution in [-0.4, -0.2) is 55.2 Å². The van der Waals surface area contributed by atoms with Crippen molar-refractivity contribution in [2.75, 3.05) is 27.3 Å². The Morgan fingerprint density at radius 3 is 2.77 bits per heavy atom. The Bertz CT molecular complexity index is 1030. The van der Waals surface area contributed by atoms with E-state index in [1.54, 1.807) is 14.2 Å². The van der Waals surface area contributed by atoms with Crippen LogP contribution in [0.15, 0.2) is 48.7 Å². The van der Waals surface area contributed by atoms with Gasteiger partial charge in [0.15, 0.2) is 0 Å². The lowest BCUT2D eigenvalue weighted by molar-refractivity contribution is 0.00790. The predicted octanol–water partition coefficient (Wildman–Crippen LogP) is 3.89. The van der Waals surface area contributed by atoms with Crippen molar-refractivity contribution in [3.05, 3.63) is 65.4 Å². The number of H-pyrrole nitrogens is 1. The Balaban J connectivity index is 1.55. The molecule has 2 atom stereocenters. The van der Waals surface area contributed by atoms with E-state index in [4.69, 9.17) is 9.47 Å². The molecule has 6 heteroatoms. The molecule has 4 rings (SSSR count). The van der Waals surface area contributed by atoms with Crippen molar-refractivity contribution in [2.24, 2.45) is 0 Å². The first-order valence-electron chi connectivity index (χ1n) is 10.8. The van der Waals surface area contributed by atoms with Crippen molar-refractivity contribution in [2.45, 2.75) is 38.5 Å². The molecule has 3 aromatic rings. The molecule has 1 aliphatic rings. The van der Waals surface area contributed by atoms with Gasteiger partial charge in [-0.05, 0) is 49.6 Å². The molecule has 164 valence electrons. The van der Waals surface area contributed by atoms with E-state index in [1.165, 1.54) is 16.5 Å². The predicted molar refractivity (Wildman–Crippen MR) is 123 cm³/mol. The number of ether oxygens (including phenoxy) is 2. The van der Waals surface area contributed by atoms with Crippen molar-refractivity contribution in [3.8, 4) is 5.75 Å². The Hall–Kier alpha value is -2.83. The third-order valence-corrected chi connectivity index (χ3v) is 6.35. The number of carbonyl (C=O) groups is 1. The standard InChI is InChI=1S/C25H31N3O3/c1-17-13-23(31-3)22(21-9-11-26-24(17)21)16-28-12-10-20(30-2)14-19(28)15-27-25(29)18-7-5-4-6-8-18/h4-9,11,13,19-20,26H,10,12,14-16H2,1-3H3,(H,27,29)/t19-,20-/m0/s1. The molecule has 2 heterocycles. The number of aryl methyl sites for hydroxylation is 1.